The lowest BCUT2D eigenvalue weighted by Gasteiger charge is -2.13. The fourth-order valence-corrected chi connectivity index (χ4v) is 9.24. The van der Waals surface area contributed by atoms with Gasteiger partial charge in [-0.25, -0.2) is 15.0 Å². The average molecular weight is 794 g/mol. The predicted octanol–water partition coefficient (Wildman–Crippen LogP) is 14.2. The third-order valence-corrected chi connectivity index (χ3v) is 12.3. The standard InChI is InChI=1S/C57H39N5/c1-4-14-38(15-5-1)40-24-28-42(29-25-40)55-58-56(43-30-26-41(27-31-43)39-16-6-2-7-17-39)60-57(59-55)44-32-34-46(35-33-44)62-52-23-13-11-21-48(52)50-36-53-49(37-54(50)62)47-20-10-12-22-51(47)61(53)45-18-8-3-9-19-45/h1-11,13-21,23-37H,12,22H2. The van der Waals surface area contributed by atoms with Crippen LogP contribution >= 0.6 is 0 Å². The van der Waals surface area contributed by atoms with Crippen molar-refractivity contribution >= 4 is 38.8 Å². The molecule has 1 aliphatic carbocycles. The summed E-state index contributed by atoms with van der Waals surface area (Å²) in [5, 5.41) is 3.73. The van der Waals surface area contributed by atoms with E-state index in [2.05, 4.69) is 209 Å². The minimum absolute atomic E-state index is 0.625. The molecule has 0 unspecified atom stereocenters. The molecule has 8 aromatic carbocycles. The normalized spacial score (nSPS) is 12.3. The Labute approximate surface area is 359 Å². The van der Waals surface area contributed by atoms with E-state index in [1.54, 1.807) is 0 Å². The van der Waals surface area contributed by atoms with Crippen LogP contribution < -0.4 is 0 Å². The Kier molecular flexibility index (Phi) is 8.56. The lowest BCUT2D eigenvalue weighted by Crippen LogP contribution is -2.02. The Morgan fingerprint density at radius 2 is 0.774 bits per heavy atom. The van der Waals surface area contributed by atoms with Crippen LogP contribution in [0.1, 0.15) is 17.7 Å². The maximum absolute atomic E-state index is 5.12. The Morgan fingerprint density at radius 3 is 1.35 bits per heavy atom. The van der Waals surface area contributed by atoms with Crippen LogP contribution in [0.15, 0.2) is 206 Å². The van der Waals surface area contributed by atoms with Crippen molar-refractivity contribution in [1.29, 1.82) is 0 Å². The number of fused-ring (bicyclic) bond motifs is 6. The molecule has 0 atom stereocenters. The molecule has 0 amide bonds. The Morgan fingerprint density at radius 1 is 0.339 bits per heavy atom. The van der Waals surface area contributed by atoms with Gasteiger partial charge in [0.25, 0.3) is 0 Å². The quantitative estimate of drug-likeness (QED) is 0.161. The number of hydrogen-bond acceptors (Lipinski definition) is 3. The summed E-state index contributed by atoms with van der Waals surface area (Å²) < 4.78 is 4.88. The molecule has 62 heavy (non-hydrogen) atoms. The molecule has 1 aliphatic rings. The van der Waals surface area contributed by atoms with Crippen LogP contribution in [0.5, 0.6) is 0 Å². The first kappa shape index (κ1) is 35.8. The van der Waals surface area contributed by atoms with Crippen molar-refractivity contribution < 1.29 is 0 Å². The molecule has 0 radical (unpaired) electrons. The first-order valence-electron chi connectivity index (χ1n) is 21.2. The molecule has 3 aromatic heterocycles. The first-order chi connectivity index (χ1) is 30.7. The smallest absolute Gasteiger partial charge is 0.164 e. The van der Waals surface area contributed by atoms with Crippen molar-refractivity contribution in [3.8, 4) is 67.8 Å². The molecule has 11 aromatic rings. The van der Waals surface area contributed by atoms with Crippen LogP contribution in [0.25, 0.3) is 107 Å². The lowest BCUT2D eigenvalue weighted by molar-refractivity contribution is 0.889. The van der Waals surface area contributed by atoms with Gasteiger partial charge in [-0.2, -0.15) is 0 Å². The number of hydrogen-bond donors (Lipinski definition) is 0. The van der Waals surface area contributed by atoms with Crippen molar-refractivity contribution in [2.45, 2.75) is 12.8 Å². The highest BCUT2D eigenvalue weighted by molar-refractivity contribution is 6.14. The maximum atomic E-state index is 5.12. The highest BCUT2D eigenvalue weighted by Crippen LogP contribution is 2.41. The lowest BCUT2D eigenvalue weighted by atomic mass is 10.0. The molecule has 5 heteroatoms. The Bertz CT molecular complexity index is 3350. The van der Waals surface area contributed by atoms with E-state index in [9.17, 15) is 0 Å². The van der Waals surface area contributed by atoms with Crippen molar-refractivity contribution in [2.75, 3.05) is 0 Å². The van der Waals surface area contributed by atoms with Crippen LogP contribution in [-0.4, -0.2) is 24.1 Å². The molecule has 0 saturated carbocycles. The van der Waals surface area contributed by atoms with E-state index < -0.39 is 0 Å². The SMILES string of the molecule is C1=Cc2c(n(-c3ccccc3)c3cc4c5ccccc5n(-c5ccc(-c6nc(-c7ccc(-c8ccccc8)cc7)nc(-c7ccc(-c8ccccc8)cc7)n6)cc5)c4cc23)CC1. The van der Waals surface area contributed by atoms with Crippen molar-refractivity contribution in [2.24, 2.45) is 0 Å². The van der Waals surface area contributed by atoms with Gasteiger partial charge >= 0.3 is 0 Å². The molecule has 5 nitrogen and oxygen atoms in total. The Balaban J connectivity index is 0.978. The molecule has 292 valence electrons. The van der Waals surface area contributed by atoms with Crippen LogP contribution in [0.2, 0.25) is 0 Å². The molecule has 0 spiro atoms. The van der Waals surface area contributed by atoms with Gasteiger partial charge in [0.1, 0.15) is 0 Å². The fourth-order valence-electron chi connectivity index (χ4n) is 9.24. The van der Waals surface area contributed by atoms with Gasteiger partial charge < -0.3 is 9.13 Å². The second-order valence-electron chi connectivity index (χ2n) is 16.0. The monoisotopic (exact) mass is 793 g/mol. The molecular formula is C57H39N5. The minimum Gasteiger partial charge on any atom is -0.313 e. The zero-order valence-corrected chi connectivity index (χ0v) is 33.9. The number of nitrogens with zero attached hydrogens (tertiary/aromatic N) is 5. The second-order valence-corrected chi connectivity index (χ2v) is 16.0. The van der Waals surface area contributed by atoms with Gasteiger partial charge in [0, 0.05) is 55.5 Å². The number of benzene rings is 8. The molecule has 0 saturated heterocycles. The van der Waals surface area contributed by atoms with E-state index in [4.69, 9.17) is 15.0 Å². The Hall–Kier alpha value is -8.15. The van der Waals surface area contributed by atoms with Gasteiger partial charge in [-0.3, -0.25) is 0 Å². The average Bonchev–Trinajstić information content (AvgIpc) is 3.86. The summed E-state index contributed by atoms with van der Waals surface area (Å²) in [5.41, 5.74) is 16.0. The zero-order chi connectivity index (χ0) is 41.0. The summed E-state index contributed by atoms with van der Waals surface area (Å²) in [7, 11) is 0. The summed E-state index contributed by atoms with van der Waals surface area (Å²) in [6.07, 6.45) is 6.69. The molecule has 3 heterocycles. The summed E-state index contributed by atoms with van der Waals surface area (Å²) in [5.74, 6) is 1.89. The van der Waals surface area contributed by atoms with Crippen LogP contribution in [0.4, 0.5) is 0 Å². The van der Waals surface area contributed by atoms with Gasteiger partial charge in [0.15, 0.2) is 17.5 Å². The first-order valence-corrected chi connectivity index (χ1v) is 21.2. The highest BCUT2D eigenvalue weighted by atomic mass is 15.0. The van der Waals surface area contributed by atoms with E-state index in [0.29, 0.717) is 17.5 Å². The van der Waals surface area contributed by atoms with E-state index >= 15 is 0 Å². The summed E-state index contributed by atoms with van der Waals surface area (Å²) in [6, 6.07) is 70.9. The van der Waals surface area contributed by atoms with Crippen molar-refractivity contribution in [3.63, 3.8) is 0 Å². The molecular weight excluding hydrogens is 755 g/mol. The van der Waals surface area contributed by atoms with Crippen LogP contribution in [-0.2, 0) is 6.42 Å². The van der Waals surface area contributed by atoms with Gasteiger partial charge in [-0.15, -0.1) is 0 Å². The van der Waals surface area contributed by atoms with Gasteiger partial charge in [0.2, 0.25) is 0 Å². The third-order valence-electron chi connectivity index (χ3n) is 12.3. The van der Waals surface area contributed by atoms with Crippen molar-refractivity contribution in [1.82, 2.24) is 24.1 Å². The fraction of sp³-hybridized carbons (Fsp3) is 0.0351. The largest absolute Gasteiger partial charge is 0.313 e. The summed E-state index contributed by atoms with van der Waals surface area (Å²) >= 11 is 0. The topological polar surface area (TPSA) is 48.5 Å². The zero-order valence-electron chi connectivity index (χ0n) is 33.9. The number of allylic oxidation sites excluding steroid dienone is 1. The van der Waals surface area contributed by atoms with E-state index in [1.807, 2.05) is 12.1 Å². The molecule has 0 aliphatic heterocycles. The van der Waals surface area contributed by atoms with Gasteiger partial charge in [-0.05, 0) is 89.7 Å². The van der Waals surface area contributed by atoms with Gasteiger partial charge in [0.05, 0.1) is 16.6 Å². The molecule has 12 rings (SSSR count). The maximum Gasteiger partial charge on any atom is 0.164 e. The highest BCUT2D eigenvalue weighted by Gasteiger charge is 2.22. The number of rotatable bonds is 7. The van der Waals surface area contributed by atoms with Crippen LogP contribution in [0.3, 0.4) is 0 Å². The van der Waals surface area contributed by atoms with E-state index in [1.165, 1.54) is 60.8 Å². The molecule has 0 fully saturated rings. The third kappa shape index (κ3) is 6.13. The predicted molar refractivity (Wildman–Crippen MR) is 256 cm³/mol. The number of aromatic nitrogens is 5. The van der Waals surface area contributed by atoms with Crippen molar-refractivity contribution in [3.05, 3.63) is 218 Å². The minimum atomic E-state index is 0.625. The van der Waals surface area contributed by atoms with E-state index in [0.717, 1.165) is 46.3 Å². The summed E-state index contributed by atoms with van der Waals surface area (Å²) in [6.45, 7) is 0. The number of para-hydroxylation sites is 2. The van der Waals surface area contributed by atoms with Gasteiger partial charge in [-0.1, -0.05) is 158 Å². The molecule has 0 N–H and O–H groups in total. The van der Waals surface area contributed by atoms with Crippen LogP contribution in [0, 0.1) is 0 Å². The van der Waals surface area contributed by atoms with E-state index in [-0.39, 0.29) is 0 Å². The summed E-state index contributed by atoms with van der Waals surface area (Å²) in [4.78, 5) is 15.3. The second kappa shape index (κ2) is 14.8. The molecule has 0 bridgehead atoms.